The Hall–Kier alpha value is -0.0400. The third-order valence-corrected chi connectivity index (χ3v) is 2.50. The quantitative estimate of drug-likeness (QED) is 0.454. The minimum absolute atomic E-state index is 1.02. The largest absolute Gasteiger partial charge is 0.300 e. The molecule has 1 atom stereocenters. The molecule has 0 aliphatic carbocycles. The molecule has 0 radical (unpaired) electrons. The van der Waals surface area contributed by atoms with Crippen molar-refractivity contribution in [1.29, 1.82) is 0 Å². The Morgan fingerprint density at radius 3 is 2.38 bits per heavy atom. The van der Waals surface area contributed by atoms with E-state index < -0.39 is 0 Å². The Balaban J connectivity index is 1.92. The lowest BCUT2D eigenvalue weighted by Crippen LogP contribution is -2.50. The maximum Gasteiger partial charge on any atom is 0.0107 e. The van der Waals surface area contributed by atoms with Crippen molar-refractivity contribution < 1.29 is 0 Å². The van der Waals surface area contributed by atoms with Crippen LogP contribution in [0.5, 0.6) is 0 Å². The molecular formula is C7H13N. The molecule has 0 aromatic carbocycles. The van der Waals surface area contributed by atoms with E-state index in [9.17, 15) is 0 Å². The van der Waals surface area contributed by atoms with Crippen LogP contribution in [0.2, 0.25) is 0 Å². The molecule has 1 unspecified atom stereocenters. The lowest BCUT2D eigenvalue weighted by Gasteiger charge is -2.44. The highest BCUT2D eigenvalue weighted by molar-refractivity contribution is 4.85. The van der Waals surface area contributed by atoms with E-state index in [1.807, 2.05) is 0 Å². The number of hydrogen-bond donors (Lipinski definition) is 0. The summed E-state index contributed by atoms with van der Waals surface area (Å²) in [5.74, 6) is 0. The van der Waals surface area contributed by atoms with Crippen molar-refractivity contribution in [1.82, 2.24) is 4.90 Å². The van der Waals surface area contributed by atoms with E-state index in [4.69, 9.17) is 0 Å². The lowest BCUT2D eigenvalue weighted by molar-refractivity contribution is 0.0549. The first kappa shape index (κ1) is 4.80. The smallest absolute Gasteiger partial charge is 0.0107 e. The van der Waals surface area contributed by atoms with E-state index in [-0.39, 0.29) is 0 Å². The lowest BCUT2D eigenvalue weighted by atomic mass is 9.92. The third kappa shape index (κ3) is 0.576. The molecule has 2 heterocycles. The van der Waals surface area contributed by atoms with Crippen LogP contribution in [0, 0.1) is 0 Å². The van der Waals surface area contributed by atoms with Gasteiger partial charge >= 0.3 is 0 Å². The molecule has 2 aliphatic rings. The number of piperidine rings is 1. The molecule has 0 aromatic rings. The van der Waals surface area contributed by atoms with Gasteiger partial charge in [-0.2, -0.15) is 0 Å². The molecule has 46 valence electrons. The van der Waals surface area contributed by atoms with Gasteiger partial charge in [0.05, 0.1) is 0 Å². The Morgan fingerprint density at radius 2 is 2.00 bits per heavy atom. The first-order chi connectivity index (χ1) is 3.97. The molecule has 1 heteroatoms. The Morgan fingerprint density at radius 1 is 1.00 bits per heavy atom. The monoisotopic (exact) mass is 111 g/mol. The van der Waals surface area contributed by atoms with Gasteiger partial charge in [-0.3, -0.25) is 0 Å². The number of rotatable bonds is 0. The minimum atomic E-state index is 1.02. The summed E-state index contributed by atoms with van der Waals surface area (Å²) in [5.41, 5.74) is 0. The standard InChI is InChI=1S/C7H13N/c1-2-5-8-6-4-7(8)3-1/h7H,1-6H2. The molecule has 0 spiro atoms. The van der Waals surface area contributed by atoms with Crippen molar-refractivity contribution in [2.75, 3.05) is 13.1 Å². The zero-order chi connectivity index (χ0) is 5.40. The van der Waals surface area contributed by atoms with Crippen molar-refractivity contribution in [2.24, 2.45) is 0 Å². The normalized spacial score (nSPS) is 38.2. The number of fused-ring (bicyclic) bond motifs is 1. The predicted octanol–water partition coefficient (Wildman–Crippen LogP) is 1.24. The SMILES string of the molecule is C1CCN2CCC2C1. The number of nitrogens with zero attached hydrogens (tertiary/aromatic N) is 1. The second-order valence-corrected chi connectivity index (χ2v) is 2.97. The summed E-state index contributed by atoms with van der Waals surface area (Å²) < 4.78 is 0. The van der Waals surface area contributed by atoms with Crippen LogP contribution < -0.4 is 0 Å². The number of hydrogen-bond acceptors (Lipinski definition) is 1. The molecule has 8 heavy (non-hydrogen) atoms. The Kier molecular flexibility index (Phi) is 1.04. The van der Waals surface area contributed by atoms with E-state index in [2.05, 4.69) is 4.90 Å². The van der Waals surface area contributed by atoms with Crippen LogP contribution in [-0.2, 0) is 0 Å². The van der Waals surface area contributed by atoms with Gasteiger partial charge in [-0.25, -0.2) is 0 Å². The van der Waals surface area contributed by atoms with Gasteiger partial charge in [0.15, 0.2) is 0 Å². The van der Waals surface area contributed by atoms with Gasteiger partial charge in [-0.15, -0.1) is 0 Å². The van der Waals surface area contributed by atoms with Gasteiger partial charge in [0.25, 0.3) is 0 Å². The maximum atomic E-state index is 2.61. The summed E-state index contributed by atoms with van der Waals surface area (Å²) in [6.45, 7) is 2.79. The second kappa shape index (κ2) is 1.73. The summed E-state index contributed by atoms with van der Waals surface area (Å²) in [7, 11) is 0. The molecule has 2 saturated heterocycles. The summed E-state index contributed by atoms with van der Waals surface area (Å²) in [6.07, 6.45) is 5.91. The van der Waals surface area contributed by atoms with Crippen molar-refractivity contribution in [2.45, 2.75) is 31.7 Å². The highest BCUT2D eigenvalue weighted by Gasteiger charge is 2.29. The van der Waals surface area contributed by atoms with Gasteiger partial charge in [0.1, 0.15) is 0 Å². The van der Waals surface area contributed by atoms with Crippen LogP contribution in [0.1, 0.15) is 25.7 Å². The molecule has 0 saturated carbocycles. The molecule has 2 rings (SSSR count). The average molecular weight is 111 g/mol. The van der Waals surface area contributed by atoms with Crippen LogP contribution in [-0.4, -0.2) is 24.0 Å². The van der Waals surface area contributed by atoms with Gasteiger partial charge < -0.3 is 4.90 Å². The molecule has 1 nitrogen and oxygen atoms in total. The minimum Gasteiger partial charge on any atom is -0.300 e. The zero-order valence-corrected chi connectivity index (χ0v) is 5.27. The Labute approximate surface area is 50.7 Å². The fraction of sp³-hybridized carbons (Fsp3) is 1.00. The van der Waals surface area contributed by atoms with Crippen LogP contribution in [0.25, 0.3) is 0 Å². The summed E-state index contributed by atoms with van der Waals surface area (Å²) in [4.78, 5) is 2.61. The van der Waals surface area contributed by atoms with Gasteiger partial charge in [-0.05, 0) is 32.4 Å². The molecule has 0 N–H and O–H groups in total. The average Bonchev–Trinajstić information content (AvgIpc) is 1.72. The Bertz CT molecular complexity index is 78.4. The van der Waals surface area contributed by atoms with E-state index in [1.54, 1.807) is 0 Å². The van der Waals surface area contributed by atoms with Crippen LogP contribution in [0.4, 0.5) is 0 Å². The molecular weight excluding hydrogens is 98.1 g/mol. The van der Waals surface area contributed by atoms with Crippen LogP contribution >= 0.6 is 0 Å². The predicted molar refractivity (Wildman–Crippen MR) is 33.8 cm³/mol. The third-order valence-electron chi connectivity index (χ3n) is 2.50. The zero-order valence-electron chi connectivity index (χ0n) is 5.27. The van der Waals surface area contributed by atoms with Crippen molar-refractivity contribution >= 4 is 0 Å². The van der Waals surface area contributed by atoms with E-state index in [1.165, 1.54) is 38.8 Å². The van der Waals surface area contributed by atoms with Gasteiger partial charge in [0.2, 0.25) is 0 Å². The van der Waals surface area contributed by atoms with E-state index in [0.717, 1.165) is 6.04 Å². The topological polar surface area (TPSA) is 3.24 Å². The van der Waals surface area contributed by atoms with Crippen molar-refractivity contribution in [3.8, 4) is 0 Å². The molecule has 2 fully saturated rings. The fourth-order valence-corrected chi connectivity index (χ4v) is 1.81. The molecule has 0 amide bonds. The van der Waals surface area contributed by atoms with Gasteiger partial charge in [-0.1, -0.05) is 6.42 Å². The first-order valence-electron chi connectivity index (χ1n) is 3.71. The highest BCUT2D eigenvalue weighted by atomic mass is 15.2. The van der Waals surface area contributed by atoms with Crippen LogP contribution in [0.15, 0.2) is 0 Å². The molecule has 0 bridgehead atoms. The molecule has 0 aromatic heterocycles. The molecule has 2 aliphatic heterocycles. The van der Waals surface area contributed by atoms with Crippen molar-refractivity contribution in [3.63, 3.8) is 0 Å². The van der Waals surface area contributed by atoms with E-state index in [0.29, 0.717) is 0 Å². The van der Waals surface area contributed by atoms with Crippen LogP contribution in [0.3, 0.4) is 0 Å². The van der Waals surface area contributed by atoms with Crippen molar-refractivity contribution in [3.05, 3.63) is 0 Å². The summed E-state index contributed by atoms with van der Waals surface area (Å²) in [5, 5.41) is 0. The summed E-state index contributed by atoms with van der Waals surface area (Å²) in [6, 6.07) is 1.02. The summed E-state index contributed by atoms with van der Waals surface area (Å²) >= 11 is 0. The second-order valence-electron chi connectivity index (χ2n) is 2.97. The van der Waals surface area contributed by atoms with Gasteiger partial charge in [0, 0.05) is 6.04 Å². The highest BCUT2D eigenvalue weighted by Crippen LogP contribution is 2.26. The maximum absolute atomic E-state index is 2.61. The first-order valence-corrected chi connectivity index (χ1v) is 3.71. The van der Waals surface area contributed by atoms with E-state index >= 15 is 0 Å². The fourth-order valence-electron chi connectivity index (χ4n) is 1.81.